The number of hydrogen-bond acceptors (Lipinski definition) is 5. The summed E-state index contributed by atoms with van der Waals surface area (Å²) in [6.07, 6.45) is 1.18. The molecule has 2 rings (SSSR count). The summed E-state index contributed by atoms with van der Waals surface area (Å²) < 4.78 is 5.25. The van der Waals surface area contributed by atoms with E-state index in [0.717, 1.165) is 0 Å². The van der Waals surface area contributed by atoms with Gasteiger partial charge in [-0.25, -0.2) is 4.79 Å². The maximum atomic E-state index is 11.7. The van der Waals surface area contributed by atoms with Crippen molar-refractivity contribution in [1.29, 1.82) is 0 Å². The zero-order valence-corrected chi connectivity index (χ0v) is 14.6. The van der Waals surface area contributed by atoms with Crippen molar-refractivity contribution in [3.63, 3.8) is 0 Å². The van der Waals surface area contributed by atoms with Crippen LogP contribution >= 0.6 is 0 Å². The molecule has 1 aromatic carbocycles. The summed E-state index contributed by atoms with van der Waals surface area (Å²) in [5.41, 5.74) is 4.56. The second kappa shape index (κ2) is 9.40. The standard InChI is InChI=1S/C17H22N4O5/c1-20-11-16(24)21(17(20)25)10-6-5-9-14(22)18-19-15(23)12-26-13-7-3-2-4-8-13/h2-4,7-8H,5-6,9-12H2,1H3,(H,18,22)(H,19,23). The van der Waals surface area contributed by atoms with Gasteiger partial charge in [0.05, 0.1) is 0 Å². The van der Waals surface area contributed by atoms with E-state index in [-0.39, 0.29) is 44.0 Å². The minimum Gasteiger partial charge on any atom is -0.484 e. The number of ether oxygens (including phenoxy) is 1. The van der Waals surface area contributed by atoms with Gasteiger partial charge in [0.2, 0.25) is 11.8 Å². The molecule has 1 aliphatic rings. The number of likely N-dealkylation sites (N-methyl/N-ethyl adjacent to an activating group) is 1. The number of hydrazine groups is 1. The number of rotatable bonds is 8. The van der Waals surface area contributed by atoms with Gasteiger partial charge in [0.25, 0.3) is 5.91 Å². The fourth-order valence-electron chi connectivity index (χ4n) is 2.35. The topological polar surface area (TPSA) is 108 Å². The number of hydrogen-bond donors (Lipinski definition) is 2. The fourth-order valence-corrected chi connectivity index (χ4v) is 2.35. The highest BCUT2D eigenvalue weighted by Gasteiger charge is 2.32. The molecule has 26 heavy (non-hydrogen) atoms. The smallest absolute Gasteiger partial charge is 0.326 e. The van der Waals surface area contributed by atoms with Crippen molar-refractivity contribution in [2.75, 3.05) is 26.7 Å². The van der Waals surface area contributed by atoms with Gasteiger partial charge in [-0.3, -0.25) is 30.1 Å². The summed E-state index contributed by atoms with van der Waals surface area (Å²) in [7, 11) is 1.57. The van der Waals surface area contributed by atoms with Crippen molar-refractivity contribution in [3.05, 3.63) is 30.3 Å². The van der Waals surface area contributed by atoms with Crippen molar-refractivity contribution in [2.24, 2.45) is 0 Å². The van der Waals surface area contributed by atoms with Gasteiger partial charge in [0, 0.05) is 20.0 Å². The Morgan fingerprint density at radius 1 is 1.08 bits per heavy atom. The molecule has 1 aliphatic heterocycles. The normalized spacial score (nSPS) is 13.7. The molecule has 140 valence electrons. The van der Waals surface area contributed by atoms with Crippen LogP contribution in [0.2, 0.25) is 0 Å². The Morgan fingerprint density at radius 3 is 2.42 bits per heavy atom. The van der Waals surface area contributed by atoms with Gasteiger partial charge >= 0.3 is 6.03 Å². The molecule has 0 radical (unpaired) electrons. The Kier molecular flexibility index (Phi) is 6.95. The molecule has 0 spiro atoms. The minimum absolute atomic E-state index is 0.0937. The molecular formula is C17H22N4O5. The predicted octanol–water partition coefficient (Wildman–Crippen LogP) is 0.277. The maximum Gasteiger partial charge on any atom is 0.326 e. The Balaban J connectivity index is 1.55. The molecule has 1 saturated heterocycles. The van der Waals surface area contributed by atoms with Crippen molar-refractivity contribution >= 4 is 23.8 Å². The highest BCUT2D eigenvalue weighted by Crippen LogP contribution is 2.10. The zero-order valence-electron chi connectivity index (χ0n) is 14.6. The lowest BCUT2D eigenvalue weighted by Crippen LogP contribution is -2.43. The van der Waals surface area contributed by atoms with Gasteiger partial charge in [-0.2, -0.15) is 0 Å². The van der Waals surface area contributed by atoms with Crippen LogP contribution < -0.4 is 15.6 Å². The predicted molar refractivity (Wildman–Crippen MR) is 91.8 cm³/mol. The van der Waals surface area contributed by atoms with Crippen molar-refractivity contribution in [2.45, 2.75) is 19.3 Å². The highest BCUT2D eigenvalue weighted by atomic mass is 16.5. The molecular weight excluding hydrogens is 340 g/mol. The molecule has 9 heteroatoms. The van der Waals surface area contributed by atoms with Crippen LogP contribution in [0, 0.1) is 0 Å². The SMILES string of the molecule is CN1CC(=O)N(CCCCC(=O)NNC(=O)COc2ccccc2)C1=O. The molecule has 0 aliphatic carbocycles. The number of imide groups is 1. The summed E-state index contributed by atoms with van der Waals surface area (Å²) >= 11 is 0. The van der Waals surface area contributed by atoms with Crippen LogP contribution in [-0.4, -0.2) is 60.3 Å². The number of amides is 5. The van der Waals surface area contributed by atoms with E-state index in [4.69, 9.17) is 4.74 Å². The lowest BCUT2D eigenvalue weighted by molar-refractivity contribution is -0.130. The summed E-state index contributed by atoms with van der Waals surface area (Å²) in [6, 6.07) is 8.54. The van der Waals surface area contributed by atoms with Gasteiger partial charge in [0.15, 0.2) is 6.61 Å². The van der Waals surface area contributed by atoms with Crippen molar-refractivity contribution in [3.8, 4) is 5.75 Å². The van der Waals surface area contributed by atoms with E-state index < -0.39 is 5.91 Å². The molecule has 0 unspecified atom stereocenters. The van der Waals surface area contributed by atoms with Gasteiger partial charge in [-0.05, 0) is 25.0 Å². The second-order valence-electron chi connectivity index (χ2n) is 5.84. The van der Waals surface area contributed by atoms with Crippen LogP contribution in [0.25, 0.3) is 0 Å². The molecule has 5 amide bonds. The number of nitrogens with one attached hydrogen (secondary N) is 2. The van der Waals surface area contributed by atoms with Crippen molar-refractivity contribution in [1.82, 2.24) is 20.7 Å². The number of carbonyl (C=O) groups excluding carboxylic acids is 4. The Bertz CT molecular complexity index is 664. The first-order chi connectivity index (χ1) is 12.5. The summed E-state index contributed by atoms with van der Waals surface area (Å²) in [5, 5.41) is 0. The van der Waals surface area contributed by atoms with E-state index in [0.29, 0.717) is 18.6 Å². The number of para-hydroxylation sites is 1. The minimum atomic E-state index is -0.474. The van der Waals surface area contributed by atoms with Gasteiger partial charge in [-0.1, -0.05) is 18.2 Å². The Morgan fingerprint density at radius 2 is 1.77 bits per heavy atom. The largest absolute Gasteiger partial charge is 0.484 e. The lowest BCUT2D eigenvalue weighted by Gasteiger charge is -2.13. The van der Waals surface area contributed by atoms with Gasteiger partial charge in [-0.15, -0.1) is 0 Å². The van der Waals surface area contributed by atoms with E-state index in [2.05, 4.69) is 10.9 Å². The first kappa shape index (κ1) is 19.2. The molecule has 0 bridgehead atoms. The first-order valence-corrected chi connectivity index (χ1v) is 8.28. The quantitative estimate of drug-likeness (QED) is 0.392. The third kappa shape index (κ3) is 5.76. The monoisotopic (exact) mass is 362 g/mol. The Hall–Kier alpha value is -3.10. The second-order valence-corrected chi connectivity index (χ2v) is 5.84. The van der Waals surface area contributed by atoms with Crippen LogP contribution in [0.15, 0.2) is 30.3 Å². The lowest BCUT2D eigenvalue weighted by atomic mass is 10.2. The average molecular weight is 362 g/mol. The van der Waals surface area contributed by atoms with E-state index in [1.54, 1.807) is 31.3 Å². The summed E-state index contributed by atoms with van der Waals surface area (Å²) in [6.45, 7) is 0.167. The first-order valence-electron chi connectivity index (χ1n) is 8.28. The van der Waals surface area contributed by atoms with Gasteiger partial charge < -0.3 is 9.64 Å². The van der Waals surface area contributed by atoms with E-state index in [1.807, 2.05) is 6.07 Å². The number of urea groups is 1. The molecule has 1 heterocycles. The zero-order chi connectivity index (χ0) is 18.9. The number of unbranched alkanes of at least 4 members (excludes halogenated alkanes) is 1. The molecule has 1 fully saturated rings. The molecule has 1 aromatic rings. The van der Waals surface area contributed by atoms with Crippen LogP contribution in [0.3, 0.4) is 0 Å². The van der Waals surface area contributed by atoms with Crippen LogP contribution in [0.1, 0.15) is 19.3 Å². The van der Waals surface area contributed by atoms with Crippen LogP contribution in [0.5, 0.6) is 5.75 Å². The molecule has 9 nitrogen and oxygen atoms in total. The summed E-state index contributed by atoms with van der Waals surface area (Å²) in [5.74, 6) is -0.494. The molecule has 0 atom stereocenters. The van der Waals surface area contributed by atoms with Crippen molar-refractivity contribution < 1.29 is 23.9 Å². The van der Waals surface area contributed by atoms with Crippen LogP contribution in [0.4, 0.5) is 4.79 Å². The molecule has 0 aromatic heterocycles. The molecule has 2 N–H and O–H groups in total. The maximum absolute atomic E-state index is 11.7. The van der Waals surface area contributed by atoms with Crippen LogP contribution in [-0.2, 0) is 14.4 Å². The summed E-state index contributed by atoms with van der Waals surface area (Å²) in [4.78, 5) is 49.1. The third-order valence-electron chi connectivity index (χ3n) is 3.72. The van der Waals surface area contributed by atoms with Gasteiger partial charge in [0.1, 0.15) is 12.3 Å². The fraction of sp³-hybridized carbons (Fsp3) is 0.412. The van der Waals surface area contributed by atoms with E-state index in [9.17, 15) is 19.2 Å². The number of benzene rings is 1. The highest BCUT2D eigenvalue weighted by molar-refractivity contribution is 6.01. The van der Waals surface area contributed by atoms with E-state index in [1.165, 1.54) is 9.80 Å². The third-order valence-corrected chi connectivity index (χ3v) is 3.72. The molecule has 0 saturated carbocycles. The Labute approximate surface area is 151 Å². The average Bonchev–Trinajstić information content (AvgIpc) is 2.88. The number of carbonyl (C=O) groups is 4. The van der Waals surface area contributed by atoms with E-state index >= 15 is 0 Å². The number of nitrogens with zero attached hydrogens (tertiary/aromatic N) is 2.